The van der Waals surface area contributed by atoms with Crippen LogP contribution >= 0.6 is 0 Å². The van der Waals surface area contributed by atoms with Crippen LogP contribution in [-0.2, 0) is 0 Å². The zero-order valence-corrected chi connectivity index (χ0v) is 24.7. The zero-order chi connectivity index (χ0) is 26.9. The Hall–Kier alpha value is -2.10. The second-order valence-electron chi connectivity index (χ2n) is 10.8. The molecule has 2 aromatic rings. The van der Waals surface area contributed by atoms with Crippen molar-refractivity contribution in [3.63, 3.8) is 0 Å². The Labute approximate surface area is 234 Å². The van der Waals surface area contributed by atoms with Crippen LogP contribution in [0, 0.1) is 0 Å². The molecule has 0 saturated heterocycles. The third-order valence-corrected chi connectivity index (χ3v) is 7.27. The minimum atomic E-state index is 0.765. The minimum absolute atomic E-state index is 0.765. The van der Waals surface area contributed by atoms with E-state index in [1.165, 1.54) is 116 Å². The zero-order valence-electron chi connectivity index (χ0n) is 24.7. The fourth-order valence-corrected chi connectivity index (χ4v) is 4.79. The summed E-state index contributed by atoms with van der Waals surface area (Å²) >= 11 is 0. The topological polar surface area (TPSA) is 44.2 Å². The van der Waals surface area contributed by atoms with E-state index in [1.54, 1.807) is 0 Å². The Morgan fingerprint density at radius 1 is 0.421 bits per heavy atom. The molecule has 214 valence electrons. The van der Waals surface area contributed by atoms with Crippen LogP contribution in [0.4, 0.5) is 0 Å². The van der Waals surface area contributed by atoms with Gasteiger partial charge >= 0.3 is 0 Å². The molecule has 4 heteroatoms. The number of hydrogen-bond donors (Lipinski definition) is 0. The van der Waals surface area contributed by atoms with Crippen molar-refractivity contribution >= 4 is 0 Å². The maximum Gasteiger partial charge on any atom is 0.137 e. The molecule has 0 atom stereocenters. The second kappa shape index (κ2) is 22.8. The van der Waals surface area contributed by atoms with Crippen LogP contribution in [0.25, 0.3) is 11.4 Å². The molecule has 0 aromatic carbocycles. The normalized spacial score (nSPS) is 11.1. The van der Waals surface area contributed by atoms with Crippen molar-refractivity contribution in [2.45, 2.75) is 142 Å². The van der Waals surface area contributed by atoms with Crippen molar-refractivity contribution in [2.75, 3.05) is 13.2 Å². The van der Waals surface area contributed by atoms with Crippen molar-refractivity contribution in [2.24, 2.45) is 0 Å². The van der Waals surface area contributed by atoms with E-state index in [2.05, 4.69) is 23.8 Å². The molecule has 2 rings (SSSR count). The standard InChI is InChI=1S/C34H56N2O2/c1-3-5-7-9-11-13-15-17-19-21-27-37-31-23-25-33(35-29-31)34-26-24-32(30-36-34)38-28-22-20-18-16-14-12-10-8-6-4-2/h23-26,29-30H,3-22,27-28H2,1-2H3. The first-order valence-electron chi connectivity index (χ1n) is 16.0. The molecule has 0 aliphatic carbocycles. The SMILES string of the molecule is CCCCCCCCCCCCOc1ccc(-c2ccc(OCCCCCCCCCCCC)cn2)nc1. The molecular formula is C34H56N2O2. The van der Waals surface area contributed by atoms with Gasteiger partial charge in [-0.25, -0.2) is 0 Å². The van der Waals surface area contributed by atoms with Crippen LogP contribution in [0.3, 0.4) is 0 Å². The molecule has 0 bridgehead atoms. The van der Waals surface area contributed by atoms with Crippen molar-refractivity contribution < 1.29 is 9.47 Å². The second-order valence-corrected chi connectivity index (χ2v) is 10.8. The van der Waals surface area contributed by atoms with E-state index in [0.29, 0.717) is 0 Å². The highest BCUT2D eigenvalue weighted by Gasteiger charge is 2.04. The van der Waals surface area contributed by atoms with Gasteiger partial charge in [-0.05, 0) is 37.1 Å². The number of rotatable bonds is 25. The Kier molecular flexibility index (Phi) is 19.3. The first-order valence-corrected chi connectivity index (χ1v) is 16.0. The molecule has 0 aliphatic rings. The van der Waals surface area contributed by atoms with Crippen LogP contribution < -0.4 is 9.47 Å². The molecule has 0 saturated carbocycles. The maximum absolute atomic E-state index is 5.89. The van der Waals surface area contributed by atoms with Crippen LogP contribution in [0.2, 0.25) is 0 Å². The van der Waals surface area contributed by atoms with E-state index >= 15 is 0 Å². The lowest BCUT2D eigenvalue weighted by Gasteiger charge is -2.08. The molecule has 0 radical (unpaired) electrons. The highest BCUT2D eigenvalue weighted by atomic mass is 16.5. The number of ether oxygens (including phenoxy) is 2. The van der Waals surface area contributed by atoms with Crippen LogP contribution in [0.1, 0.15) is 142 Å². The van der Waals surface area contributed by atoms with E-state index in [4.69, 9.17) is 9.47 Å². The predicted molar refractivity (Wildman–Crippen MR) is 162 cm³/mol. The van der Waals surface area contributed by atoms with Crippen LogP contribution in [0.15, 0.2) is 36.7 Å². The molecule has 4 nitrogen and oxygen atoms in total. The van der Waals surface area contributed by atoms with Gasteiger partial charge in [-0.1, -0.05) is 129 Å². The summed E-state index contributed by atoms with van der Waals surface area (Å²) in [5.41, 5.74) is 1.72. The summed E-state index contributed by atoms with van der Waals surface area (Å²) in [5.74, 6) is 1.67. The van der Waals surface area contributed by atoms with E-state index in [0.717, 1.165) is 48.9 Å². The number of aromatic nitrogens is 2. The molecule has 0 N–H and O–H groups in total. The molecule has 2 heterocycles. The van der Waals surface area contributed by atoms with Gasteiger partial charge in [0.25, 0.3) is 0 Å². The van der Waals surface area contributed by atoms with Gasteiger partial charge in [0.1, 0.15) is 11.5 Å². The fourth-order valence-electron chi connectivity index (χ4n) is 4.79. The largest absolute Gasteiger partial charge is 0.492 e. The molecule has 0 aliphatic heterocycles. The Bertz CT molecular complexity index is 709. The van der Waals surface area contributed by atoms with Crippen molar-refractivity contribution in [3.8, 4) is 22.9 Å². The van der Waals surface area contributed by atoms with Crippen LogP contribution in [-0.4, -0.2) is 23.2 Å². The maximum atomic E-state index is 5.89. The lowest BCUT2D eigenvalue weighted by Crippen LogP contribution is -1.99. The summed E-state index contributed by atoms with van der Waals surface area (Å²) in [6, 6.07) is 7.97. The average Bonchev–Trinajstić information content (AvgIpc) is 2.95. The van der Waals surface area contributed by atoms with E-state index in [9.17, 15) is 0 Å². The monoisotopic (exact) mass is 524 g/mol. The van der Waals surface area contributed by atoms with E-state index in [1.807, 2.05) is 36.7 Å². The number of hydrogen-bond acceptors (Lipinski definition) is 4. The first-order chi connectivity index (χ1) is 18.8. The summed E-state index contributed by atoms with van der Waals surface area (Å²) in [6.45, 7) is 6.08. The summed E-state index contributed by atoms with van der Waals surface area (Å²) in [4.78, 5) is 9.10. The molecule has 0 unspecified atom stereocenters. The Morgan fingerprint density at radius 2 is 0.737 bits per heavy atom. The third kappa shape index (κ3) is 16.0. The van der Waals surface area contributed by atoms with Crippen molar-refractivity contribution in [1.29, 1.82) is 0 Å². The van der Waals surface area contributed by atoms with Gasteiger partial charge < -0.3 is 9.47 Å². The van der Waals surface area contributed by atoms with Crippen LogP contribution in [0.5, 0.6) is 11.5 Å². The van der Waals surface area contributed by atoms with Crippen molar-refractivity contribution in [1.82, 2.24) is 9.97 Å². The van der Waals surface area contributed by atoms with E-state index in [-0.39, 0.29) is 0 Å². The van der Waals surface area contributed by atoms with E-state index < -0.39 is 0 Å². The predicted octanol–water partition coefficient (Wildman–Crippen LogP) is 10.7. The number of nitrogens with zero attached hydrogens (tertiary/aromatic N) is 2. The van der Waals surface area contributed by atoms with Gasteiger partial charge in [-0.3, -0.25) is 9.97 Å². The van der Waals surface area contributed by atoms with Gasteiger partial charge in [0.05, 0.1) is 37.0 Å². The summed E-state index contributed by atoms with van der Waals surface area (Å²) in [6.07, 6.45) is 30.3. The average molecular weight is 525 g/mol. The molecular weight excluding hydrogens is 468 g/mol. The Balaban J connectivity index is 1.50. The number of unbranched alkanes of at least 4 members (excludes halogenated alkanes) is 18. The van der Waals surface area contributed by atoms with Crippen molar-refractivity contribution in [3.05, 3.63) is 36.7 Å². The summed E-state index contributed by atoms with van der Waals surface area (Å²) < 4.78 is 11.8. The highest BCUT2D eigenvalue weighted by Crippen LogP contribution is 2.20. The first kappa shape index (κ1) is 32.1. The van der Waals surface area contributed by atoms with Gasteiger partial charge in [-0.2, -0.15) is 0 Å². The quantitative estimate of drug-likeness (QED) is 0.121. The molecule has 0 amide bonds. The minimum Gasteiger partial charge on any atom is -0.492 e. The third-order valence-electron chi connectivity index (χ3n) is 7.27. The molecule has 2 aromatic heterocycles. The van der Waals surface area contributed by atoms with Gasteiger partial charge in [0.2, 0.25) is 0 Å². The molecule has 38 heavy (non-hydrogen) atoms. The molecule has 0 fully saturated rings. The van der Waals surface area contributed by atoms with Gasteiger partial charge in [0.15, 0.2) is 0 Å². The Morgan fingerprint density at radius 3 is 1.03 bits per heavy atom. The van der Waals surface area contributed by atoms with Gasteiger partial charge in [0, 0.05) is 0 Å². The number of pyridine rings is 2. The molecule has 0 spiro atoms. The highest BCUT2D eigenvalue weighted by molar-refractivity contribution is 5.55. The van der Waals surface area contributed by atoms with Gasteiger partial charge in [-0.15, -0.1) is 0 Å². The lowest BCUT2D eigenvalue weighted by molar-refractivity contribution is 0.303. The fraction of sp³-hybridized carbons (Fsp3) is 0.706. The lowest BCUT2D eigenvalue weighted by atomic mass is 10.1. The summed E-state index contributed by atoms with van der Waals surface area (Å²) in [5, 5.41) is 0. The smallest absolute Gasteiger partial charge is 0.137 e. The summed E-state index contributed by atoms with van der Waals surface area (Å²) in [7, 11) is 0.